The second-order valence-corrected chi connectivity index (χ2v) is 6.24. The van der Waals surface area contributed by atoms with Gasteiger partial charge in [0.25, 0.3) is 0 Å². The highest BCUT2D eigenvalue weighted by Gasteiger charge is 2.54. The van der Waals surface area contributed by atoms with Gasteiger partial charge in [0.2, 0.25) is 0 Å². The van der Waals surface area contributed by atoms with Crippen molar-refractivity contribution in [2.45, 2.75) is 63.9 Å². The zero-order chi connectivity index (χ0) is 15.5. The molecule has 2 rings (SSSR count). The minimum atomic E-state index is -1.11. The lowest BCUT2D eigenvalue weighted by Crippen LogP contribution is -2.59. The van der Waals surface area contributed by atoms with Crippen molar-refractivity contribution in [3.8, 4) is 0 Å². The Morgan fingerprint density at radius 3 is 2.95 bits per heavy atom. The first-order chi connectivity index (χ1) is 10.0. The van der Waals surface area contributed by atoms with E-state index in [-0.39, 0.29) is 12.2 Å². The lowest BCUT2D eigenvalue weighted by atomic mass is 9.78. The molecule has 122 valence electrons. The largest absolute Gasteiger partial charge is 0.467 e. The van der Waals surface area contributed by atoms with E-state index in [0.717, 1.165) is 32.1 Å². The molecular formula is C15H27NO5. The monoisotopic (exact) mass is 301 g/mol. The van der Waals surface area contributed by atoms with Gasteiger partial charge in [0.05, 0.1) is 7.11 Å². The van der Waals surface area contributed by atoms with Gasteiger partial charge in [0.1, 0.15) is 0 Å². The number of esters is 1. The third-order valence-corrected chi connectivity index (χ3v) is 4.96. The number of carbonyl (C=O) groups is 1. The van der Waals surface area contributed by atoms with Crippen molar-refractivity contribution >= 4 is 5.97 Å². The first-order valence-corrected chi connectivity index (χ1v) is 7.83. The number of nitrogens with one attached hydrogen (secondary N) is 1. The Morgan fingerprint density at radius 2 is 2.29 bits per heavy atom. The van der Waals surface area contributed by atoms with Gasteiger partial charge in [-0.25, -0.2) is 4.79 Å². The van der Waals surface area contributed by atoms with E-state index in [1.54, 1.807) is 0 Å². The third-order valence-electron chi connectivity index (χ3n) is 4.96. The summed E-state index contributed by atoms with van der Waals surface area (Å²) in [7, 11) is 1.29. The zero-order valence-corrected chi connectivity index (χ0v) is 13.1. The Balaban J connectivity index is 1.94. The Kier molecular flexibility index (Phi) is 5.60. The van der Waals surface area contributed by atoms with Gasteiger partial charge < -0.3 is 14.6 Å². The second-order valence-electron chi connectivity index (χ2n) is 6.24. The van der Waals surface area contributed by atoms with Crippen molar-refractivity contribution in [3.05, 3.63) is 0 Å². The molecule has 0 amide bonds. The summed E-state index contributed by atoms with van der Waals surface area (Å²) < 4.78 is 10.4. The van der Waals surface area contributed by atoms with Gasteiger partial charge in [-0.15, -0.1) is 0 Å². The standard InChI is InChI=1S/C15H27NO5/c1-4-5-8-20-12-9-10-6-7-11(13(17)14(18)19-3)15(10,2)16-21-12/h10-13,16-17H,4-9H2,1-3H3/t10-,11+,12-,13-,15+/m0/s1. The van der Waals surface area contributed by atoms with Crippen molar-refractivity contribution in [1.29, 1.82) is 0 Å². The molecule has 0 spiro atoms. The number of fused-ring (bicyclic) bond motifs is 1. The summed E-state index contributed by atoms with van der Waals surface area (Å²) in [6.45, 7) is 4.82. The highest BCUT2D eigenvalue weighted by molar-refractivity contribution is 5.74. The molecule has 2 fully saturated rings. The van der Waals surface area contributed by atoms with Crippen molar-refractivity contribution in [2.75, 3.05) is 13.7 Å². The molecule has 1 saturated heterocycles. The van der Waals surface area contributed by atoms with Crippen LogP contribution in [0.4, 0.5) is 0 Å². The van der Waals surface area contributed by atoms with Gasteiger partial charge in [-0.05, 0) is 32.1 Å². The van der Waals surface area contributed by atoms with Gasteiger partial charge in [0, 0.05) is 24.5 Å². The van der Waals surface area contributed by atoms with E-state index in [4.69, 9.17) is 9.57 Å². The molecule has 0 unspecified atom stereocenters. The highest BCUT2D eigenvalue weighted by atomic mass is 16.8. The number of hydroxylamine groups is 1. The molecule has 6 heteroatoms. The average Bonchev–Trinajstić information content (AvgIpc) is 2.82. The van der Waals surface area contributed by atoms with Gasteiger partial charge in [-0.3, -0.25) is 4.84 Å². The van der Waals surface area contributed by atoms with Crippen LogP contribution in [0.2, 0.25) is 0 Å². The molecule has 1 aliphatic heterocycles. The smallest absolute Gasteiger partial charge is 0.335 e. The topological polar surface area (TPSA) is 77.0 Å². The number of carbonyl (C=O) groups excluding carboxylic acids is 1. The van der Waals surface area contributed by atoms with Crippen LogP contribution in [0, 0.1) is 11.8 Å². The Hall–Kier alpha value is -0.690. The Morgan fingerprint density at radius 1 is 1.52 bits per heavy atom. The van der Waals surface area contributed by atoms with Crippen LogP contribution >= 0.6 is 0 Å². The van der Waals surface area contributed by atoms with Crippen molar-refractivity contribution < 1.29 is 24.2 Å². The average molecular weight is 301 g/mol. The van der Waals surface area contributed by atoms with E-state index >= 15 is 0 Å². The van der Waals surface area contributed by atoms with E-state index in [2.05, 4.69) is 17.1 Å². The van der Waals surface area contributed by atoms with Crippen LogP contribution in [0.25, 0.3) is 0 Å². The van der Waals surface area contributed by atoms with Crippen LogP contribution in [-0.2, 0) is 19.1 Å². The molecule has 0 aromatic heterocycles. The molecule has 1 saturated carbocycles. The molecule has 2 aliphatic rings. The normalized spacial score (nSPS) is 37.0. The summed E-state index contributed by atoms with van der Waals surface area (Å²) in [4.78, 5) is 17.2. The van der Waals surface area contributed by atoms with Crippen LogP contribution in [0.3, 0.4) is 0 Å². The molecule has 0 aromatic carbocycles. The van der Waals surface area contributed by atoms with E-state index < -0.39 is 17.6 Å². The first-order valence-electron chi connectivity index (χ1n) is 7.83. The van der Waals surface area contributed by atoms with E-state index in [1.807, 2.05) is 6.92 Å². The number of unbranched alkanes of at least 4 members (excludes halogenated alkanes) is 1. The SMILES string of the molecule is CCCCO[C@@H]1C[C@@H]2CC[C@H]([C@H](O)C(=O)OC)[C@]2(C)NO1. The third kappa shape index (κ3) is 3.39. The summed E-state index contributed by atoms with van der Waals surface area (Å²) in [5, 5.41) is 10.2. The lowest BCUT2D eigenvalue weighted by Gasteiger charge is -2.44. The summed E-state index contributed by atoms with van der Waals surface area (Å²) in [6, 6.07) is 0. The minimum Gasteiger partial charge on any atom is -0.467 e. The predicted octanol–water partition coefficient (Wildman–Crippen LogP) is 1.37. The highest BCUT2D eigenvalue weighted by Crippen LogP contribution is 2.47. The summed E-state index contributed by atoms with van der Waals surface area (Å²) in [5.74, 6) is -0.460. The molecule has 0 bridgehead atoms. The number of rotatable bonds is 6. The quantitative estimate of drug-likeness (QED) is 0.570. The van der Waals surface area contributed by atoms with Crippen LogP contribution in [0.1, 0.15) is 46.0 Å². The number of hydrogen-bond acceptors (Lipinski definition) is 6. The predicted molar refractivity (Wildman–Crippen MR) is 76.1 cm³/mol. The molecular weight excluding hydrogens is 274 g/mol. The van der Waals surface area contributed by atoms with Gasteiger partial charge in [0.15, 0.2) is 12.4 Å². The van der Waals surface area contributed by atoms with Crippen molar-refractivity contribution in [1.82, 2.24) is 5.48 Å². The Labute approximate surface area is 126 Å². The summed E-state index contributed by atoms with van der Waals surface area (Å²) in [5.41, 5.74) is 2.63. The lowest BCUT2D eigenvalue weighted by molar-refractivity contribution is -0.247. The molecule has 0 aromatic rings. The minimum absolute atomic E-state index is 0.202. The Bertz CT molecular complexity index is 364. The molecule has 0 radical (unpaired) electrons. The second kappa shape index (κ2) is 7.05. The van der Waals surface area contributed by atoms with Gasteiger partial charge in [-0.2, -0.15) is 5.48 Å². The maximum Gasteiger partial charge on any atom is 0.335 e. The molecule has 21 heavy (non-hydrogen) atoms. The zero-order valence-electron chi connectivity index (χ0n) is 13.1. The van der Waals surface area contributed by atoms with E-state index in [0.29, 0.717) is 12.5 Å². The van der Waals surface area contributed by atoms with Crippen LogP contribution in [0.5, 0.6) is 0 Å². The van der Waals surface area contributed by atoms with Crippen molar-refractivity contribution in [2.24, 2.45) is 11.8 Å². The first kappa shape index (κ1) is 16.7. The number of aliphatic hydroxyl groups is 1. The van der Waals surface area contributed by atoms with Crippen molar-refractivity contribution in [3.63, 3.8) is 0 Å². The number of aliphatic hydroxyl groups excluding tert-OH is 1. The van der Waals surface area contributed by atoms with Crippen LogP contribution in [0.15, 0.2) is 0 Å². The maximum absolute atomic E-state index is 11.6. The molecule has 1 heterocycles. The van der Waals surface area contributed by atoms with Gasteiger partial charge in [-0.1, -0.05) is 13.3 Å². The maximum atomic E-state index is 11.6. The fourth-order valence-electron chi connectivity index (χ4n) is 3.51. The molecule has 2 N–H and O–H groups in total. The fraction of sp³-hybridized carbons (Fsp3) is 0.933. The molecule has 1 aliphatic carbocycles. The number of ether oxygens (including phenoxy) is 2. The van der Waals surface area contributed by atoms with E-state index in [9.17, 15) is 9.90 Å². The fourth-order valence-corrected chi connectivity index (χ4v) is 3.51. The van der Waals surface area contributed by atoms with E-state index in [1.165, 1.54) is 7.11 Å². The van der Waals surface area contributed by atoms with Gasteiger partial charge >= 0.3 is 5.97 Å². The molecule has 5 atom stereocenters. The number of hydrogen-bond donors (Lipinski definition) is 2. The van der Waals surface area contributed by atoms with Crippen LogP contribution in [-0.4, -0.2) is 42.7 Å². The summed E-state index contributed by atoms with van der Waals surface area (Å²) in [6.07, 6.45) is 3.26. The van der Waals surface area contributed by atoms with Crippen LogP contribution < -0.4 is 5.48 Å². The molecule has 6 nitrogen and oxygen atoms in total. The number of methoxy groups -OCH3 is 1. The summed E-state index contributed by atoms with van der Waals surface area (Å²) >= 11 is 0.